The molecular weight excluding hydrogens is 358 g/mol. The summed E-state index contributed by atoms with van der Waals surface area (Å²) in [5.41, 5.74) is 1.42. The third-order valence-corrected chi connectivity index (χ3v) is 3.93. The van der Waals surface area contributed by atoms with Gasteiger partial charge >= 0.3 is 0 Å². The van der Waals surface area contributed by atoms with Crippen molar-refractivity contribution >= 4 is 17.7 Å². The molecular formula is C21H25N3O4. The van der Waals surface area contributed by atoms with Gasteiger partial charge in [0.1, 0.15) is 5.75 Å². The highest BCUT2D eigenvalue weighted by molar-refractivity contribution is 5.94. The summed E-state index contributed by atoms with van der Waals surface area (Å²) in [6.45, 7) is 0.585. The molecule has 0 aliphatic rings. The Kier molecular flexibility index (Phi) is 8.02. The van der Waals surface area contributed by atoms with Gasteiger partial charge in [-0.15, -0.1) is 0 Å². The number of hydrogen-bond acceptors (Lipinski definition) is 4. The standard InChI is InChI=1S/C21H25N3O4/c1-24(2)20(26)15-28-18-10-6-9-17(13-18)21(27)22-12-11-19(25)23-14-16-7-4-3-5-8-16/h3-10,13H,11-12,14-15H2,1-2H3,(H,22,27)(H,23,25). The van der Waals surface area contributed by atoms with Gasteiger partial charge in [0, 0.05) is 39.2 Å². The maximum absolute atomic E-state index is 12.2. The zero-order chi connectivity index (χ0) is 20.4. The van der Waals surface area contributed by atoms with Crippen LogP contribution < -0.4 is 15.4 Å². The van der Waals surface area contributed by atoms with E-state index < -0.39 is 0 Å². The Morgan fingerprint density at radius 2 is 1.71 bits per heavy atom. The number of amides is 3. The Balaban J connectivity index is 1.74. The van der Waals surface area contributed by atoms with Crippen LogP contribution in [0.4, 0.5) is 0 Å². The van der Waals surface area contributed by atoms with E-state index in [-0.39, 0.29) is 37.3 Å². The zero-order valence-corrected chi connectivity index (χ0v) is 16.1. The van der Waals surface area contributed by atoms with Crippen molar-refractivity contribution in [1.29, 1.82) is 0 Å². The molecule has 2 rings (SSSR count). The Labute approximate surface area is 164 Å². The molecule has 0 heterocycles. The van der Waals surface area contributed by atoms with Crippen molar-refractivity contribution in [3.05, 3.63) is 65.7 Å². The fourth-order valence-electron chi connectivity index (χ4n) is 2.28. The van der Waals surface area contributed by atoms with Gasteiger partial charge < -0.3 is 20.3 Å². The number of carbonyl (C=O) groups is 3. The van der Waals surface area contributed by atoms with Crippen LogP contribution in [0.3, 0.4) is 0 Å². The van der Waals surface area contributed by atoms with Crippen LogP contribution in [0.2, 0.25) is 0 Å². The summed E-state index contributed by atoms with van der Waals surface area (Å²) < 4.78 is 5.40. The molecule has 0 fully saturated rings. The Hall–Kier alpha value is -3.35. The molecule has 3 amide bonds. The molecule has 28 heavy (non-hydrogen) atoms. The van der Waals surface area contributed by atoms with E-state index in [1.165, 1.54) is 4.90 Å². The van der Waals surface area contributed by atoms with Crippen molar-refractivity contribution in [3.8, 4) is 5.75 Å². The number of nitrogens with zero attached hydrogens (tertiary/aromatic N) is 1. The maximum Gasteiger partial charge on any atom is 0.259 e. The Bertz CT molecular complexity index is 806. The second-order valence-electron chi connectivity index (χ2n) is 6.37. The van der Waals surface area contributed by atoms with Crippen molar-refractivity contribution in [3.63, 3.8) is 0 Å². The fourth-order valence-corrected chi connectivity index (χ4v) is 2.28. The van der Waals surface area contributed by atoms with Crippen LogP contribution in [0.1, 0.15) is 22.3 Å². The minimum Gasteiger partial charge on any atom is -0.484 e. The van der Waals surface area contributed by atoms with E-state index in [0.717, 1.165) is 5.56 Å². The minimum atomic E-state index is -0.305. The average Bonchev–Trinajstić information content (AvgIpc) is 2.71. The molecule has 2 aromatic carbocycles. The van der Waals surface area contributed by atoms with Crippen molar-refractivity contribution in [2.75, 3.05) is 27.2 Å². The number of likely N-dealkylation sites (N-methyl/N-ethyl adjacent to an activating group) is 1. The van der Waals surface area contributed by atoms with E-state index in [1.807, 2.05) is 30.3 Å². The lowest BCUT2D eigenvalue weighted by Crippen LogP contribution is -2.30. The smallest absolute Gasteiger partial charge is 0.259 e. The lowest BCUT2D eigenvalue weighted by Gasteiger charge is -2.12. The zero-order valence-electron chi connectivity index (χ0n) is 16.1. The molecule has 0 bridgehead atoms. The van der Waals surface area contributed by atoms with Crippen LogP contribution in [0.15, 0.2) is 54.6 Å². The number of hydrogen-bond donors (Lipinski definition) is 2. The summed E-state index contributed by atoms with van der Waals surface area (Å²) in [6, 6.07) is 16.2. The first-order valence-corrected chi connectivity index (χ1v) is 8.97. The van der Waals surface area contributed by atoms with Gasteiger partial charge in [0.05, 0.1) is 0 Å². The molecule has 0 saturated carbocycles. The highest BCUT2D eigenvalue weighted by atomic mass is 16.5. The van der Waals surface area contributed by atoms with Gasteiger partial charge in [-0.2, -0.15) is 0 Å². The summed E-state index contributed by atoms with van der Waals surface area (Å²) >= 11 is 0. The lowest BCUT2D eigenvalue weighted by atomic mass is 10.2. The van der Waals surface area contributed by atoms with Gasteiger partial charge in [0.2, 0.25) is 5.91 Å². The molecule has 7 nitrogen and oxygen atoms in total. The molecule has 0 radical (unpaired) electrons. The van der Waals surface area contributed by atoms with Crippen LogP contribution in [-0.4, -0.2) is 49.9 Å². The average molecular weight is 383 g/mol. The van der Waals surface area contributed by atoms with Crippen LogP contribution in [0, 0.1) is 0 Å². The number of rotatable bonds is 9. The molecule has 148 valence electrons. The maximum atomic E-state index is 12.2. The number of nitrogens with one attached hydrogen (secondary N) is 2. The van der Waals surface area contributed by atoms with Crippen molar-refractivity contribution in [2.24, 2.45) is 0 Å². The van der Waals surface area contributed by atoms with E-state index in [2.05, 4.69) is 10.6 Å². The van der Waals surface area contributed by atoms with E-state index in [1.54, 1.807) is 38.4 Å². The second kappa shape index (κ2) is 10.7. The van der Waals surface area contributed by atoms with E-state index in [9.17, 15) is 14.4 Å². The molecule has 0 aromatic heterocycles. The summed E-state index contributed by atoms with van der Waals surface area (Å²) in [5.74, 6) is -0.177. The Morgan fingerprint density at radius 1 is 0.964 bits per heavy atom. The first kappa shape index (κ1) is 21.0. The highest BCUT2D eigenvalue weighted by Gasteiger charge is 2.09. The predicted octanol–water partition coefficient (Wildman–Crippen LogP) is 1.59. The first-order chi connectivity index (χ1) is 13.5. The molecule has 0 atom stereocenters. The molecule has 0 saturated heterocycles. The molecule has 0 unspecified atom stereocenters. The van der Waals surface area contributed by atoms with Gasteiger partial charge in [-0.25, -0.2) is 0 Å². The van der Waals surface area contributed by atoms with Crippen LogP contribution >= 0.6 is 0 Å². The first-order valence-electron chi connectivity index (χ1n) is 8.97. The monoisotopic (exact) mass is 383 g/mol. The van der Waals surface area contributed by atoms with Crippen LogP contribution in [-0.2, 0) is 16.1 Å². The van der Waals surface area contributed by atoms with Crippen molar-refractivity contribution < 1.29 is 19.1 Å². The Morgan fingerprint density at radius 3 is 2.43 bits per heavy atom. The van der Waals surface area contributed by atoms with Crippen molar-refractivity contribution in [2.45, 2.75) is 13.0 Å². The summed E-state index contributed by atoms with van der Waals surface area (Å²) in [6.07, 6.45) is 0.187. The number of ether oxygens (including phenoxy) is 1. The molecule has 0 aliphatic carbocycles. The molecule has 0 aliphatic heterocycles. The summed E-state index contributed by atoms with van der Waals surface area (Å²) in [4.78, 5) is 37.1. The largest absolute Gasteiger partial charge is 0.484 e. The highest BCUT2D eigenvalue weighted by Crippen LogP contribution is 2.13. The number of benzene rings is 2. The second-order valence-corrected chi connectivity index (χ2v) is 6.37. The quantitative estimate of drug-likeness (QED) is 0.688. The van der Waals surface area contributed by atoms with E-state index >= 15 is 0 Å². The van der Waals surface area contributed by atoms with E-state index in [4.69, 9.17) is 4.74 Å². The fraction of sp³-hybridized carbons (Fsp3) is 0.286. The molecule has 2 N–H and O–H groups in total. The van der Waals surface area contributed by atoms with E-state index in [0.29, 0.717) is 17.9 Å². The van der Waals surface area contributed by atoms with Gasteiger partial charge in [-0.05, 0) is 23.8 Å². The third-order valence-electron chi connectivity index (χ3n) is 3.93. The molecule has 0 spiro atoms. The van der Waals surface area contributed by atoms with Crippen LogP contribution in [0.25, 0.3) is 0 Å². The van der Waals surface area contributed by atoms with Gasteiger partial charge in [0.15, 0.2) is 6.61 Å². The van der Waals surface area contributed by atoms with Crippen LogP contribution in [0.5, 0.6) is 5.75 Å². The lowest BCUT2D eigenvalue weighted by molar-refractivity contribution is -0.130. The van der Waals surface area contributed by atoms with Gasteiger partial charge in [-0.3, -0.25) is 14.4 Å². The topological polar surface area (TPSA) is 87.7 Å². The predicted molar refractivity (Wildman–Crippen MR) is 106 cm³/mol. The SMILES string of the molecule is CN(C)C(=O)COc1cccc(C(=O)NCCC(=O)NCc2ccccc2)c1. The number of carbonyl (C=O) groups excluding carboxylic acids is 3. The van der Waals surface area contributed by atoms with Crippen molar-refractivity contribution in [1.82, 2.24) is 15.5 Å². The minimum absolute atomic E-state index is 0.0976. The summed E-state index contributed by atoms with van der Waals surface area (Å²) in [5, 5.41) is 5.52. The molecule has 7 heteroatoms. The summed E-state index contributed by atoms with van der Waals surface area (Å²) in [7, 11) is 3.29. The van der Waals surface area contributed by atoms with Gasteiger partial charge in [-0.1, -0.05) is 36.4 Å². The normalized spacial score (nSPS) is 10.1. The molecule has 2 aromatic rings. The third kappa shape index (κ3) is 7.11. The van der Waals surface area contributed by atoms with Gasteiger partial charge in [0.25, 0.3) is 11.8 Å².